The van der Waals surface area contributed by atoms with Crippen molar-refractivity contribution in [1.82, 2.24) is 20.0 Å². The lowest BCUT2D eigenvalue weighted by Gasteiger charge is -2.40. The molecule has 2 amide bonds. The molecule has 3 heterocycles. The summed E-state index contributed by atoms with van der Waals surface area (Å²) in [4.78, 5) is 17.0. The van der Waals surface area contributed by atoms with Gasteiger partial charge in [0.05, 0.1) is 18.9 Å². The zero-order chi connectivity index (χ0) is 26.7. The first-order valence-electron chi connectivity index (χ1n) is 12.5. The average Bonchev–Trinajstić information content (AvgIpc) is 3.38. The molecule has 2 unspecified atom stereocenters. The van der Waals surface area contributed by atoms with E-state index in [1.165, 1.54) is 24.3 Å². The zero-order valence-corrected chi connectivity index (χ0v) is 20.6. The number of hydrogen-bond acceptors (Lipinski definition) is 4. The lowest BCUT2D eigenvalue weighted by molar-refractivity contribution is -0.274. The number of urea groups is 1. The number of hydrogen-bond donors (Lipinski definition) is 1. The molecular formula is C27H28F4N4O3. The van der Waals surface area contributed by atoms with Crippen LogP contribution in [0.4, 0.5) is 22.4 Å². The molecule has 202 valence electrons. The smallest absolute Gasteiger partial charge is 0.406 e. The first-order valence-corrected chi connectivity index (χ1v) is 12.5. The Morgan fingerprint density at radius 1 is 1.00 bits per heavy atom. The predicted molar refractivity (Wildman–Crippen MR) is 130 cm³/mol. The number of nitrogens with one attached hydrogen (secondary N) is 1. The summed E-state index contributed by atoms with van der Waals surface area (Å²) in [5.74, 6) is -0.762. The quantitative estimate of drug-likeness (QED) is 0.467. The number of morpholine rings is 1. The Kier molecular flexibility index (Phi) is 7.55. The number of carbonyl (C=O) groups excluding carboxylic acids is 1. The minimum atomic E-state index is -4.76. The summed E-state index contributed by atoms with van der Waals surface area (Å²) in [7, 11) is 0. The number of benzene rings is 2. The summed E-state index contributed by atoms with van der Waals surface area (Å²) < 4.78 is 60.5. The molecule has 5 rings (SSSR count). The number of likely N-dealkylation sites (tertiary alicyclic amines) is 1. The molecule has 2 aliphatic heterocycles. The second-order valence-corrected chi connectivity index (χ2v) is 9.65. The molecule has 0 spiro atoms. The van der Waals surface area contributed by atoms with Crippen molar-refractivity contribution < 1.29 is 31.8 Å². The Bertz CT molecular complexity index is 1220. The lowest BCUT2D eigenvalue weighted by Crippen LogP contribution is -2.52. The first kappa shape index (κ1) is 26.0. The number of ether oxygens (including phenoxy) is 2. The van der Waals surface area contributed by atoms with E-state index in [-0.39, 0.29) is 29.4 Å². The van der Waals surface area contributed by atoms with E-state index in [1.54, 1.807) is 34.1 Å². The Morgan fingerprint density at radius 2 is 1.68 bits per heavy atom. The first-order chi connectivity index (χ1) is 18.2. The topological polar surface area (TPSA) is 70.7 Å². The second kappa shape index (κ2) is 11.0. The van der Waals surface area contributed by atoms with Crippen LogP contribution in [0.3, 0.4) is 0 Å². The third-order valence-electron chi connectivity index (χ3n) is 6.96. The maximum atomic E-state index is 13.4. The van der Waals surface area contributed by atoms with Gasteiger partial charge in [-0.3, -0.25) is 5.10 Å². The van der Waals surface area contributed by atoms with Crippen LogP contribution in [0.15, 0.2) is 54.6 Å². The molecule has 2 aliphatic rings. The molecule has 1 N–H and O–H groups in total. The SMILES string of the molecule is O=C(N1CCOCC1)N1CC(c2ccc(OC(F)(F)F)cc2)CC(c2cc(Cc3ccc(F)cc3)[nH]n2)C1. The van der Waals surface area contributed by atoms with Gasteiger partial charge >= 0.3 is 12.4 Å². The average molecular weight is 533 g/mol. The van der Waals surface area contributed by atoms with Crippen LogP contribution in [0.1, 0.15) is 40.8 Å². The summed E-state index contributed by atoms with van der Waals surface area (Å²) in [6, 6.07) is 14.0. The maximum absolute atomic E-state index is 13.4. The van der Waals surface area contributed by atoms with Crippen LogP contribution in [-0.4, -0.2) is 71.8 Å². The highest BCUT2D eigenvalue weighted by Crippen LogP contribution is 2.37. The molecule has 0 aliphatic carbocycles. The van der Waals surface area contributed by atoms with Crippen molar-refractivity contribution in [2.24, 2.45) is 0 Å². The predicted octanol–water partition coefficient (Wildman–Crippen LogP) is 5.06. The van der Waals surface area contributed by atoms with Gasteiger partial charge in [0.2, 0.25) is 0 Å². The van der Waals surface area contributed by atoms with Gasteiger partial charge in [0.25, 0.3) is 0 Å². The molecule has 2 atom stereocenters. The Hall–Kier alpha value is -3.60. The fourth-order valence-electron chi connectivity index (χ4n) is 5.11. The van der Waals surface area contributed by atoms with Gasteiger partial charge in [-0.05, 0) is 47.9 Å². The van der Waals surface area contributed by atoms with Crippen molar-refractivity contribution in [3.05, 3.63) is 82.9 Å². The Balaban J connectivity index is 1.35. The third-order valence-corrected chi connectivity index (χ3v) is 6.96. The molecule has 7 nitrogen and oxygen atoms in total. The molecule has 2 aromatic carbocycles. The van der Waals surface area contributed by atoms with E-state index < -0.39 is 6.36 Å². The van der Waals surface area contributed by atoms with Gasteiger partial charge in [0.15, 0.2) is 0 Å². The Labute approximate surface area is 217 Å². The van der Waals surface area contributed by atoms with Crippen LogP contribution in [0.5, 0.6) is 5.75 Å². The van der Waals surface area contributed by atoms with Gasteiger partial charge in [-0.15, -0.1) is 13.2 Å². The maximum Gasteiger partial charge on any atom is 0.573 e. The van der Waals surface area contributed by atoms with Gasteiger partial charge in [-0.25, -0.2) is 9.18 Å². The second-order valence-electron chi connectivity index (χ2n) is 9.65. The number of aromatic nitrogens is 2. The molecule has 11 heteroatoms. The summed E-state index contributed by atoms with van der Waals surface area (Å²) in [6.07, 6.45) is -3.53. The van der Waals surface area contributed by atoms with Gasteiger partial charge in [0.1, 0.15) is 11.6 Å². The number of H-pyrrole nitrogens is 1. The fraction of sp³-hybridized carbons (Fsp3) is 0.407. The van der Waals surface area contributed by atoms with Crippen LogP contribution < -0.4 is 4.74 Å². The van der Waals surface area contributed by atoms with Crippen molar-refractivity contribution in [3.8, 4) is 5.75 Å². The van der Waals surface area contributed by atoms with Crippen LogP contribution in [0.25, 0.3) is 0 Å². The molecule has 0 saturated carbocycles. The normalized spacial score (nSPS) is 20.4. The van der Waals surface area contributed by atoms with Crippen molar-refractivity contribution >= 4 is 6.03 Å². The van der Waals surface area contributed by atoms with Crippen LogP contribution >= 0.6 is 0 Å². The molecule has 0 bridgehead atoms. The van der Waals surface area contributed by atoms with Gasteiger partial charge in [-0.1, -0.05) is 24.3 Å². The largest absolute Gasteiger partial charge is 0.573 e. The third kappa shape index (κ3) is 6.45. The van der Waals surface area contributed by atoms with E-state index in [4.69, 9.17) is 4.74 Å². The number of piperidine rings is 1. The number of carbonyl (C=O) groups is 1. The number of amides is 2. The number of nitrogens with zero attached hydrogens (tertiary/aromatic N) is 3. The highest BCUT2D eigenvalue weighted by atomic mass is 19.4. The van der Waals surface area contributed by atoms with Crippen LogP contribution in [0, 0.1) is 5.82 Å². The van der Waals surface area contributed by atoms with E-state index in [0.29, 0.717) is 52.2 Å². The number of alkyl halides is 3. The van der Waals surface area contributed by atoms with E-state index in [1.807, 2.05) is 6.07 Å². The summed E-state index contributed by atoms with van der Waals surface area (Å²) in [5.41, 5.74) is 3.44. The van der Waals surface area contributed by atoms with Crippen molar-refractivity contribution in [2.45, 2.75) is 31.0 Å². The molecule has 1 aromatic heterocycles. The minimum absolute atomic E-state index is 0.0805. The van der Waals surface area contributed by atoms with Crippen LogP contribution in [0.2, 0.25) is 0 Å². The van der Waals surface area contributed by atoms with Crippen molar-refractivity contribution in [2.75, 3.05) is 39.4 Å². The number of rotatable bonds is 5. The molecule has 3 aromatic rings. The fourth-order valence-corrected chi connectivity index (χ4v) is 5.11. The molecule has 2 saturated heterocycles. The lowest BCUT2D eigenvalue weighted by atomic mass is 9.83. The standard InChI is InChI=1S/C27H28F4N4O3/c28-22-5-1-18(2-6-22)13-23-15-25(33-32-23)21-14-20(19-3-7-24(8-4-19)38-27(29,30)31)16-35(17-21)26(36)34-9-11-37-12-10-34/h1-8,15,20-21H,9-14,16-17H2,(H,32,33). The highest BCUT2D eigenvalue weighted by molar-refractivity contribution is 5.75. The number of halogens is 4. The minimum Gasteiger partial charge on any atom is -0.406 e. The van der Waals surface area contributed by atoms with Gasteiger partial charge < -0.3 is 19.3 Å². The Morgan fingerprint density at radius 3 is 2.37 bits per heavy atom. The summed E-state index contributed by atoms with van der Waals surface area (Å²) in [6.45, 7) is 2.91. The zero-order valence-electron chi connectivity index (χ0n) is 20.6. The molecule has 2 fully saturated rings. The van der Waals surface area contributed by atoms with E-state index in [9.17, 15) is 22.4 Å². The summed E-state index contributed by atoms with van der Waals surface area (Å²) >= 11 is 0. The van der Waals surface area contributed by atoms with E-state index in [0.717, 1.165) is 22.5 Å². The van der Waals surface area contributed by atoms with Gasteiger partial charge in [-0.2, -0.15) is 5.10 Å². The van der Waals surface area contributed by atoms with Crippen LogP contribution in [-0.2, 0) is 11.2 Å². The number of aromatic amines is 1. The highest BCUT2D eigenvalue weighted by Gasteiger charge is 2.35. The molecule has 38 heavy (non-hydrogen) atoms. The van der Waals surface area contributed by atoms with E-state index in [2.05, 4.69) is 14.9 Å². The summed E-state index contributed by atoms with van der Waals surface area (Å²) in [5, 5.41) is 7.59. The van der Waals surface area contributed by atoms with Crippen molar-refractivity contribution in [1.29, 1.82) is 0 Å². The van der Waals surface area contributed by atoms with Gasteiger partial charge in [0, 0.05) is 50.1 Å². The molecular weight excluding hydrogens is 504 g/mol. The van der Waals surface area contributed by atoms with Crippen molar-refractivity contribution in [3.63, 3.8) is 0 Å². The molecule has 0 radical (unpaired) electrons. The monoisotopic (exact) mass is 532 g/mol. The van der Waals surface area contributed by atoms with E-state index >= 15 is 0 Å².